The topological polar surface area (TPSA) is 86.0 Å². The molecule has 6 nitrogen and oxygen atoms in total. The molecule has 3 aromatic rings. The van der Waals surface area contributed by atoms with Gasteiger partial charge in [0.2, 0.25) is 0 Å². The first-order chi connectivity index (χ1) is 12.2. The van der Waals surface area contributed by atoms with Gasteiger partial charge in [0.25, 0.3) is 0 Å². The van der Waals surface area contributed by atoms with Gasteiger partial charge in [-0.25, -0.2) is 9.97 Å². The molecule has 2 heterocycles. The summed E-state index contributed by atoms with van der Waals surface area (Å²) in [4.78, 5) is 13.2. The summed E-state index contributed by atoms with van der Waals surface area (Å²) in [6, 6.07) is 4.13. The molecule has 1 saturated carbocycles. The summed E-state index contributed by atoms with van der Waals surface area (Å²) in [7, 11) is 0. The fourth-order valence-electron chi connectivity index (χ4n) is 3.25. The Morgan fingerprint density at radius 1 is 1.16 bits per heavy atom. The lowest BCUT2D eigenvalue weighted by Gasteiger charge is -2.29. The minimum Gasteiger partial charge on any atom is -0.488 e. The van der Waals surface area contributed by atoms with E-state index in [2.05, 4.69) is 25.6 Å². The van der Waals surface area contributed by atoms with Crippen molar-refractivity contribution in [1.82, 2.24) is 15.0 Å². The Morgan fingerprint density at radius 2 is 1.96 bits per heavy atom. The Morgan fingerprint density at radius 3 is 2.72 bits per heavy atom. The van der Waals surface area contributed by atoms with E-state index in [-0.39, 0.29) is 6.10 Å². The first kappa shape index (κ1) is 16.1. The van der Waals surface area contributed by atoms with E-state index in [1.54, 1.807) is 23.7 Å². The second kappa shape index (κ2) is 6.84. The lowest BCUT2D eigenvalue weighted by Crippen LogP contribution is -2.31. The van der Waals surface area contributed by atoms with Gasteiger partial charge in [0.05, 0.1) is 17.3 Å². The quantitative estimate of drug-likeness (QED) is 0.693. The molecule has 0 aliphatic heterocycles. The number of fused-ring (bicyclic) bond motifs is 1. The number of ether oxygens (including phenoxy) is 1. The largest absolute Gasteiger partial charge is 0.488 e. The molecule has 0 bridgehead atoms. The number of nitrogens with one attached hydrogen (secondary N) is 1. The van der Waals surface area contributed by atoms with E-state index in [0.29, 0.717) is 11.7 Å². The molecule has 4 rings (SSSR count). The summed E-state index contributed by atoms with van der Waals surface area (Å²) in [5.74, 6) is 0.732. The number of thiazole rings is 1. The van der Waals surface area contributed by atoms with Crippen molar-refractivity contribution in [1.29, 1.82) is 0 Å². The summed E-state index contributed by atoms with van der Waals surface area (Å²) in [5, 5.41) is 6.62. The predicted octanol–water partition coefficient (Wildman–Crippen LogP) is 3.78. The number of hydrogen-bond acceptors (Lipinski definition) is 7. The van der Waals surface area contributed by atoms with Crippen molar-refractivity contribution < 1.29 is 4.74 Å². The minimum absolute atomic E-state index is 0.183. The van der Waals surface area contributed by atoms with Gasteiger partial charge in [-0.3, -0.25) is 4.98 Å². The maximum Gasteiger partial charge on any atom is 0.183 e. The van der Waals surface area contributed by atoms with Crippen molar-refractivity contribution >= 4 is 33.2 Å². The molecule has 1 aliphatic rings. The van der Waals surface area contributed by atoms with Crippen LogP contribution in [0, 0.1) is 6.92 Å². The van der Waals surface area contributed by atoms with Crippen molar-refractivity contribution in [2.75, 3.05) is 11.1 Å². The molecule has 0 unspecified atom stereocenters. The molecule has 2 aromatic heterocycles. The van der Waals surface area contributed by atoms with Crippen LogP contribution in [0.2, 0.25) is 0 Å². The van der Waals surface area contributed by atoms with Crippen LogP contribution < -0.4 is 15.8 Å². The second-order valence-electron chi connectivity index (χ2n) is 6.47. The van der Waals surface area contributed by atoms with Crippen LogP contribution in [-0.4, -0.2) is 27.1 Å². The zero-order chi connectivity index (χ0) is 17.2. The molecular formula is C18H21N5OS. The summed E-state index contributed by atoms with van der Waals surface area (Å²) >= 11 is 1.67. The maximum absolute atomic E-state index is 6.23. The number of rotatable bonds is 4. The average Bonchev–Trinajstić information content (AvgIpc) is 3.01. The molecule has 0 amide bonds. The van der Waals surface area contributed by atoms with Gasteiger partial charge in [0.15, 0.2) is 5.13 Å². The first-order valence-corrected chi connectivity index (χ1v) is 9.41. The highest BCUT2D eigenvalue weighted by molar-refractivity contribution is 7.13. The number of anilines is 2. The van der Waals surface area contributed by atoms with Crippen LogP contribution in [0.3, 0.4) is 0 Å². The van der Waals surface area contributed by atoms with E-state index in [0.717, 1.165) is 53.3 Å². The van der Waals surface area contributed by atoms with E-state index < -0.39 is 0 Å². The SMILES string of the molecule is Cc1csc(NC2CCC(Oc3cc(N)cc4nccnc34)CC2)n1. The predicted molar refractivity (Wildman–Crippen MR) is 101 cm³/mol. The third-order valence-electron chi connectivity index (χ3n) is 4.48. The van der Waals surface area contributed by atoms with Crippen LogP contribution in [0.4, 0.5) is 10.8 Å². The van der Waals surface area contributed by atoms with Gasteiger partial charge in [-0.1, -0.05) is 0 Å². The van der Waals surface area contributed by atoms with E-state index in [9.17, 15) is 0 Å². The number of nitrogens with two attached hydrogens (primary N) is 1. The monoisotopic (exact) mass is 355 g/mol. The van der Waals surface area contributed by atoms with Gasteiger partial charge in [0, 0.05) is 35.6 Å². The fourth-order valence-corrected chi connectivity index (χ4v) is 4.02. The number of nitrogen functional groups attached to an aromatic ring is 1. The summed E-state index contributed by atoms with van der Waals surface area (Å²) in [5.41, 5.74) is 9.24. The van der Waals surface area contributed by atoms with Gasteiger partial charge < -0.3 is 15.8 Å². The fraction of sp³-hybridized carbons (Fsp3) is 0.389. The molecule has 130 valence electrons. The molecule has 1 aromatic carbocycles. The van der Waals surface area contributed by atoms with Crippen molar-refractivity contribution in [3.05, 3.63) is 35.6 Å². The molecule has 25 heavy (non-hydrogen) atoms. The zero-order valence-corrected chi connectivity index (χ0v) is 14.9. The van der Waals surface area contributed by atoms with Crippen molar-refractivity contribution in [3.63, 3.8) is 0 Å². The number of hydrogen-bond donors (Lipinski definition) is 2. The van der Waals surface area contributed by atoms with Crippen LogP contribution in [0.5, 0.6) is 5.75 Å². The standard InChI is InChI=1S/C18H21N5OS/c1-11-10-25-18(22-11)23-13-2-4-14(5-3-13)24-16-9-12(19)8-15-17(16)21-7-6-20-15/h6-10,13-14H,2-5,19H2,1H3,(H,22,23). The third kappa shape index (κ3) is 3.66. The third-order valence-corrected chi connectivity index (χ3v) is 5.37. The van der Waals surface area contributed by atoms with Gasteiger partial charge in [-0.2, -0.15) is 0 Å². The second-order valence-corrected chi connectivity index (χ2v) is 7.33. The Labute approximate surface area is 150 Å². The lowest BCUT2D eigenvalue weighted by molar-refractivity contribution is 0.152. The zero-order valence-electron chi connectivity index (χ0n) is 14.1. The highest BCUT2D eigenvalue weighted by Gasteiger charge is 2.24. The summed E-state index contributed by atoms with van der Waals surface area (Å²) in [6.07, 6.45) is 7.66. The molecule has 1 fully saturated rings. The minimum atomic E-state index is 0.183. The number of nitrogens with zero attached hydrogens (tertiary/aromatic N) is 3. The van der Waals surface area contributed by atoms with Crippen LogP contribution in [0.15, 0.2) is 29.9 Å². The normalized spacial score (nSPS) is 20.5. The highest BCUT2D eigenvalue weighted by Crippen LogP contribution is 2.31. The molecule has 0 atom stereocenters. The molecule has 3 N–H and O–H groups in total. The molecule has 0 radical (unpaired) electrons. The van der Waals surface area contributed by atoms with Gasteiger partial charge in [-0.05, 0) is 38.7 Å². The van der Waals surface area contributed by atoms with Crippen LogP contribution in [0.1, 0.15) is 31.4 Å². The number of aromatic nitrogens is 3. The van der Waals surface area contributed by atoms with Gasteiger partial charge >= 0.3 is 0 Å². The van der Waals surface area contributed by atoms with Crippen molar-refractivity contribution in [2.24, 2.45) is 0 Å². The Bertz CT molecular complexity index is 873. The average molecular weight is 355 g/mol. The van der Waals surface area contributed by atoms with Crippen LogP contribution in [0.25, 0.3) is 11.0 Å². The van der Waals surface area contributed by atoms with Crippen LogP contribution in [-0.2, 0) is 0 Å². The maximum atomic E-state index is 6.23. The molecule has 0 saturated heterocycles. The Balaban J connectivity index is 1.40. The van der Waals surface area contributed by atoms with Crippen molar-refractivity contribution in [2.45, 2.75) is 44.8 Å². The Kier molecular flexibility index (Phi) is 4.40. The number of aryl methyl sites for hydroxylation is 1. The highest BCUT2D eigenvalue weighted by atomic mass is 32.1. The van der Waals surface area contributed by atoms with E-state index in [1.807, 2.05) is 19.1 Å². The smallest absolute Gasteiger partial charge is 0.183 e. The summed E-state index contributed by atoms with van der Waals surface area (Å²) < 4.78 is 6.23. The number of benzene rings is 1. The Hall–Kier alpha value is -2.41. The lowest BCUT2D eigenvalue weighted by atomic mass is 9.93. The van der Waals surface area contributed by atoms with E-state index >= 15 is 0 Å². The van der Waals surface area contributed by atoms with Gasteiger partial charge in [-0.15, -0.1) is 11.3 Å². The van der Waals surface area contributed by atoms with Crippen molar-refractivity contribution in [3.8, 4) is 5.75 Å². The van der Waals surface area contributed by atoms with E-state index in [4.69, 9.17) is 10.5 Å². The van der Waals surface area contributed by atoms with Crippen LogP contribution >= 0.6 is 11.3 Å². The summed E-state index contributed by atoms with van der Waals surface area (Å²) in [6.45, 7) is 2.02. The molecule has 7 heteroatoms. The van der Waals surface area contributed by atoms with Gasteiger partial charge in [0.1, 0.15) is 11.3 Å². The molecular weight excluding hydrogens is 334 g/mol. The molecule has 1 aliphatic carbocycles. The first-order valence-electron chi connectivity index (χ1n) is 8.53. The molecule has 0 spiro atoms. The van der Waals surface area contributed by atoms with E-state index in [1.165, 1.54) is 0 Å².